The lowest BCUT2D eigenvalue weighted by Gasteiger charge is -2.21. The van der Waals surface area contributed by atoms with Crippen molar-refractivity contribution < 1.29 is 4.79 Å². The van der Waals surface area contributed by atoms with Gasteiger partial charge in [-0.15, -0.1) is 0 Å². The van der Waals surface area contributed by atoms with Gasteiger partial charge in [0, 0.05) is 30.5 Å². The van der Waals surface area contributed by atoms with Crippen LogP contribution in [0.25, 0.3) is 0 Å². The van der Waals surface area contributed by atoms with Gasteiger partial charge in [-0.05, 0) is 18.7 Å². The highest BCUT2D eigenvalue weighted by Crippen LogP contribution is 2.17. The van der Waals surface area contributed by atoms with Crippen LogP contribution in [0.2, 0.25) is 0 Å². The number of hydrogen-bond donors (Lipinski definition) is 1. The Bertz CT molecular complexity index is 381. The van der Waals surface area contributed by atoms with E-state index in [1.807, 2.05) is 32.2 Å². The second-order valence-corrected chi connectivity index (χ2v) is 5.16. The van der Waals surface area contributed by atoms with E-state index in [1.165, 1.54) is 5.56 Å². The van der Waals surface area contributed by atoms with E-state index < -0.39 is 0 Å². The Hall–Kier alpha value is -0.870. The molecule has 0 aliphatic carbocycles. The van der Waals surface area contributed by atoms with Crippen molar-refractivity contribution in [2.24, 2.45) is 5.92 Å². The third kappa shape index (κ3) is 4.48. The molecule has 0 radical (unpaired) electrons. The summed E-state index contributed by atoms with van der Waals surface area (Å²) < 4.78 is 1.11. The first kappa shape index (κ1) is 14.2. The van der Waals surface area contributed by atoms with E-state index in [0.29, 0.717) is 0 Å². The van der Waals surface area contributed by atoms with Crippen molar-refractivity contribution in [1.82, 2.24) is 10.2 Å². The SMILES string of the molecule is CNC(=O)C(C)CN(C)Cc1ccccc1Br. The molecule has 1 N–H and O–H groups in total. The van der Waals surface area contributed by atoms with Crippen LogP contribution in [0, 0.1) is 5.92 Å². The van der Waals surface area contributed by atoms with Crippen LogP contribution in [0.5, 0.6) is 0 Å². The minimum atomic E-state index is 0.00693. The third-order valence-electron chi connectivity index (χ3n) is 2.68. The molecule has 0 fully saturated rings. The number of hydrogen-bond acceptors (Lipinski definition) is 2. The highest BCUT2D eigenvalue weighted by molar-refractivity contribution is 9.10. The van der Waals surface area contributed by atoms with E-state index in [1.54, 1.807) is 7.05 Å². The van der Waals surface area contributed by atoms with Crippen molar-refractivity contribution in [2.75, 3.05) is 20.6 Å². The third-order valence-corrected chi connectivity index (χ3v) is 3.45. The lowest BCUT2D eigenvalue weighted by molar-refractivity contribution is -0.124. The molecule has 0 aromatic heterocycles. The molecule has 0 aliphatic heterocycles. The molecule has 0 spiro atoms. The first-order valence-corrected chi connectivity index (χ1v) is 6.47. The molecule has 1 aromatic rings. The summed E-state index contributed by atoms with van der Waals surface area (Å²) in [7, 11) is 3.70. The van der Waals surface area contributed by atoms with Crippen LogP contribution in [0.4, 0.5) is 0 Å². The number of amides is 1. The summed E-state index contributed by atoms with van der Waals surface area (Å²) in [5, 5.41) is 2.67. The van der Waals surface area contributed by atoms with Gasteiger partial charge in [-0.2, -0.15) is 0 Å². The fourth-order valence-electron chi connectivity index (χ4n) is 1.78. The molecular formula is C13H19BrN2O. The average Bonchev–Trinajstić information content (AvgIpc) is 2.31. The molecule has 94 valence electrons. The minimum Gasteiger partial charge on any atom is -0.359 e. The van der Waals surface area contributed by atoms with Crippen LogP contribution < -0.4 is 5.32 Å². The number of nitrogens with one attached hydrogen (secondary N) is 1. The fourth-order valence-corrected chi connectivity index (χ4v) is 2.19. The van der Waals surface area contributed by atoms with E-state index in [4.69, 9.17) is 0 Å². The fraction of sp³-hybridized carbons (Fsp3) is 0.462. The first-order valence-electron chi connectivity index (χ1n) is 5.68. The molecule has 1 rings (SSSR count). The first-order chi connectivity index (χ1) is 8.04. The number of carbonyl (C=O) groups is 1. The molecular weight excluding hydrogens is 280 g/mol. The van der Waals surface area contributed by atoms with Gasteiger partial charge in [-0.3, -0.25) is 4.79 Å². The highest BCUT2D eigenvalue weighted by atomic mass is 79.9. The molecule has 0 saturated heterocycles. The number of rotatable bonds is 5. The largest absolute Gasteiger partial charge is 0.359 e. The van der Waals surface area contributed by atoms with Gasteiger partial charge in [0.2, 0.25) is 5.91 Å². The normalized spacial score (nSPS) is 12.5. The smallest absolute Gasteiger partial charge is 0.223 e. The van der Waals surface area contributed by atoms with Crippen molar-refractivity contribution in [1.29, 1.82) is 0 Å². The van der Waals surface area contributed by atoms with Crippen molar-refractivity contribution >= 4 is 21.8 Å². The Morgan fingerprint density at radius 3 is 2.71 bits per heavy atom. The van der Waals surface area contributed by atoms with E-state index in [9.17, 15) is 4.79 Å². The van der Waals surface area contributed by atoms with Crippen LogP contribution >= 0.6 is 15.9 Å². The average molecular weight is 299 g/mol. The summed E-state index contributed by atoms with van der Waals surface area (Å²) >= 11 is 3.53. The van der Waals surface area contributed by atoms with E-state index in [0.717, 1.165) is 17.6 Å². The monoisotopic (exact) mass is 298 g/mol. The maximum atomic E-state index is 11.4. The minimum absolute atomic E-state index is 0.00693. The molecule has 0 bridgehead atoms. The van der Waals surface area contributed by atoms with E-state index in [2.05, 4.69) is 32.2 Å². The van der Waals surface area contributed by atoms with Crippen molar-refractivity contribution in [3.05, 3.63) is 34.3 Å². The summed E-state index contributed by atoms with van der Waals surface area (Å²) in [5.74, 6) is 0.0939. The molecule has 1 unspecified atom stereocenters. The van der Waals surface area contributed by atoms with Gasteiger partial charge >= 0.3 is 0 Å². The Morgan fingerprint density at radius 1 is 1.47 bits per heavy atom. The Balaban J connectivity index is 2.53. The number of nitrogens with zero attached hydrogens (tertiary/aromatic N) is 1. The Morgan fingerprint density at radius 2 is 2.12 bits per heavy atom. The lowest BCUT2D eigenvalue weighted by atomic mass is 10.1. The van der Waals surface area contributed by atoms with Crippen molar-refractivity contribution in [3.63, 3.8) is 0 Å². The summed E-state index contributed by atoms with van der Waals surface area (Å²) in [6.07, 6.45) is 0. The molecule has 4 heteroatoms. The second-order valence-electron chi connectivity index (χ2n) is 4.30. The van der Waals surface area contributed by atoms with Gasteiger partial charge in [0.15, 0.2) is 0 Å². The van der Waals surface area contributed by atoms with Gasteiger partial charge in [0.1, 0.15) is 0 Å². The molecule has 17 heavy (non-hydrogen) atoms. The van der Waals surface area contributed by atoms with Gasteiger partial charge in [-0.25, -0.2) is 0 Å². The zero-order chi connectivity index (χ0) is 12.8. The molecule has 0 aliphatic rings. The van der Waals surface area contributed by atoms with Gasteiger partial charge in [-0.1, -0.05) is 41.1 Å². The highest BCUT2D eigenvalue weighted by Gasteiger charge is 2.14. The molecule has 3 nitrogen and oxygen atoms in total. The Labute approximate surface area is 111 Å². The predicted octanol–water partition coefficient (Wildman–Crippen LogP) is 2.26. The standard InChI is InChI=1S/C13H19BrN2O/c1-10(13(17)15-2)8-16(3)9-11-6-4-5-7-12(11)14/h4-7,10H,8-9H2,1-3H3,(H,15,17). The van der Waals surface area contributed by atoms with Crippen LogP contribution in [-0.2, 0) is 11.3 Å². The quantitative estimate of drug-likeness (QED) is 0.904. The maximum Gasteiger partial charge on any atom is 0.223 e. The second kappa shape index (κ2) is 6.77. The van der Waals surface area contributed by atoms with Crippen LogP contribution in [-0.4, -0.2) is 31.4 Å². The molecule has 0 saturated carbocycles. The molecule has 1 aromatic carbocycles. The van der Waals surface area contributed by atoms with Crippen LogP contribution in [0.1, 0.15) is 12.5 Å². The predicted molar refractivity (Wildman–Crippen MR) is 73.7 cm³/mol. The van der Waals surface area contributed by atoms with Gasteiger partial charge < -0.3 is 10.2 Å². The van der Waals surface area contributed by atoms with E-state index >= 15 is 0 Å². The zero-order valence-corrected chi connectivity index (χ0v) is 12.1. The summed E-state index contributed by atoms with van der Waals surface area (Å²) in [6, 6.07) is 8.15. The molecule has 1 atom stereocenters. The lowest BCUT2D eigenvalue weighted by Crippen LogP contribution is -2.34. The van der Waals surface area contributed by atoms with Gasteiger partial charge in [0.05, 0.1) is 0 Å². The summed E-state index contributed by atoms with van der Waals surface area (Å²) in [4.78, 5) is 13.6. The summed E-state index contributed by atoms with van der Waals surface area (Å²) in [5.41, 5.74) is 1.24. The number of carbonyl (C=O) groups excluding carboxylic acids is 1. The maximum absolute atomic E-state index is 11.4. The Kier molecular flexibility index (Phi) is 5.65. The topological polar surface area (TPSA) is 32.3 Å². The number of halogens is 1. The van der Waals surface area contributed by atoms with Crippen molar-refractivity contribution in [2.45, 2.75) is 13.5 Å². The van der Waals surface area contributed by atoms with Crippen molar-refractivity contribution in [3.8, 4) is 0 Å². The molecule has 0 heterocycles. The number of benzene rings is 1. The summed E-state index contributed by atoms with van der Waals surface area (Å²) in [6.45, 7) is 3.53. The van der Waals surface area contributed by atoms with Gasteiger partial charge in [0.25, 0.3) is 0 Å². The van der Waals surface area contributed by atoms with Crippen LogP contribution in [0.3, 0.4) is 0 Å². The van der Waals surface area contributed by atoms with E-state index in [-0.39, 0.29) is 11.8 Å². The van der Waals surface area contributed by atoms with Crippen LogP contribution in [0.15, 0.2) is 28.7 Å². The molecule has 1 amide bonds. The zero-order valence-electron chi connectivity index (χ0n) is 10.5.